The van der Waals surface area contributed by atoms with Crippen molar-refractivity contribution in [2.24, 2.45) is 7.05 Å². The minimum absolute atomic E-state index is 0.0915. The summed E-state index contributed by atoms with van der Waals surface area (Å²) in [4.78, 5) is 12.3. The number of hydrogen-bond donors (Lipinski definition) is 1. The highest BCUT2D eigenvalue weighted by Crippen LogP contribution is 2.08. The highest BCUT2D eigenvalue weighted by molar-refractivity contribution is 5.94. The molecule has 0 unspecified atom stereocenters. The summed E-state index contributed by atoms with van der Waals surface area (Å²) in [6.45, 7) is 3.04. The Bertz CT molecular complexity index is 804. The molecule has 0 aliphatic carbocycles. The van der Waals surface area contributed by atoms with E-state index in [9.17, 15) is 4.79 Å². The van der Waals surface area contributed by atoms with Crippen LogP contribution in [0.2, 0.25) is 0 Å². The van der Waals surface area contributed by atoms with Crippen molar-refractivity contribution >= 4 is 5.91 Å². The van der Waals surface area contributed by atoms with E-state index in [-0.39, 0.29) is 5.91 Å². The largest absolute Gasteiger partial charge is 0.346 e. The number of nitrogens with zero attached hydrogens (tertiary/aromatic N) is 4. The second-order valence-electron chi connectivity index (χ2n) is 5.49. The van der Waals surface area contributed by atoms with Gasteiger partial charge in [0.15, 0.2) is 0 Å². The van der Waals surface area contributed by atoms with E-state index >= 15 is 0 Å². The maximum Gasteiger partial charge on any atom is 0.251 e. The third kappa shape index (κ3) is 3.66. The summed E-state index contributed by atoms with van der Waals surface area (Å²) in [5.41, 5.74) is 3.60. The second kappa shape index (κ2) is 6.48. The monoisotopic (exact) mass is 309 g/mol. The third-order valence-corrected chi connectivity index (χ3v) is 3.62. The highest BCUT2D eigenvalue weighted by atomic mass is 16.1. The lowest BCUT2D eigenvalue weighted by Gasteiger charge is -2.07. The van der Waals surface area contributed by atoms with Gasteiger partial charge >= 0.3 is 0 Å². The summed E-state index contributed by atoms with van der Waals surface area (Å²) < 4.78 is 3.61. The van der Waals surface area contributed by atoms with Crippen molar-refractivity contribution in [1.29, 1.82) is 0 Å². The molecule has 1 aromatic carbocycles. The standard InChI is InChI=1S/C17H19N5O/c1-13-9-16(21(2)20-13)11-18-17(23)15-6-3-5-14(10-15)12-22-8-4-7-19-22/h3-10H,11-12H2,1-2H3,(H,18,23). The SMILES string of the molecule is Cc1cc(CNC(=O)c2cccc(Cn3cccn3)c2)n(C)n1. The van der Waals surface area contributed by atoms with Gasteiger partial charge in [-0.3, -0.25) is 14.2 Å². The van der Waals surface area contributed by atoms with Gasteiger partial charge in [-0.05, 0) is 36.8 Å². The summed E-state index contributed by atoms with van der Waals surface area (Å²) in [5.74, 6) is -0.0915. The Balaban J connectivity index is 1.66. The summed E-state index contributed by atoms with van der Waals surface area (Å²) >= 11 is 0. The van der Waals surface area contributed by atoms with Crippen LogP contribution in [0.15, 0.2) is 48.8 Å². The normalized spacial score (nSPS) is 10.7. The number of nitrogens with one attached hydrogen (secondary N) is 1. The molecule has 6 nitrogen and oxygen atoms in total. The van der Waals surface area contributed by atoms with Crippen molar-refractivity contribution in [3.05, 3.63) is 71.3 Å². The fraction of sp³-hybridized carbons (Fsp3) is 0.235. The van der Waals surface area contributed by atoms with E-state index in [4.69, 9.17) is 0 Å². The third-order valence-electron chi connectivity index (χ3n) is 3.62. The van der Waals surface area contributed by atoms with Crippen molar-refractivity contribution < 1.29 is 4.79 Å². The zero-order valence-electron chi connectivity index (χ0n) is 13.2. The molecule has 3 aromatic rings. The molecule has 0 fully saturated rings. The fourth-order valence-corrected chi connectivity index (χ4v) is 2.49. The molecule has 0 saturated heterocycles. The first kappa shape index (κ1) is 15.0. The van der Waals surface area contributed by atoms with E-state index in [2.05, 4.69) is 15.5 Å². The molecular weight excluding hydrogens is 290 g/mol. The molecule has 1 N–H and O–H groups in total. The molecule has 0 saturated carbocycles. The van der Waals surface area contributed by atoms with Crippen molar-refractivity contribution in [2.45, 2.75) is 20.0 Å². The van der Waals surface area contributed by atoms with Gasteiger partial charge in [-0.25, -0.2) is 0 Å². The van der Waals surface area contributed by atoms with Gasteiger partial charge in [-0.2, -0.15) is 10.2 Å². The van der Waals surface area contributed by atoms with Gasteiger partial charge in [-0.1, -0.05) is 12.1 Å². The molecule has 1 amide bonds. The minimum Gasteiger partial charge on any atom is -0.346 e. The van der Waals surface area contributed by atoms with Gasteiger partial charge in [-0.15, -0.1) is 0 Å². The summed E-state index contributed by atoms with van der Waals surface area (Å²) in [5, 5.41) is 11.4. The number of carbonyl (C=O) groups excluding carboxylic acids is 1. The van der Waals surface area contributed by atoms with Crippen molar-refractivity contribution in [3.8, 4) is 0 Å². The van der Waals surface area contributed by atoms with Crippen LogP contribution < -0.4 is 5.32 Å². The maximum atomic E-state index is 12.3. The van der Waals surface area contributed by atoms with Crippen molar-refractivity contribution in [3.63, 3.8) is 0 Å². The Morgan fingerprint density at radius 2 is 2.13 bits per heavy atom. The lowest BCUT2D eigenvalue weighted by atomic mass is 10.1. The molecule has 2 aromatic heterocycles. The average molecular weight is 309 g/mol. The topological polar surface area (TPSA) is 64.7 Å². The number of aryl methyl sites for hydroxylation is 2. The molecule has 0 atom stereocenters. The Kier molecular flexibility index (Phi) is 4.23. The predicted molar refractivity (Wildman–Crippen MR) is 86.9 cm³/mol. The van der Waals surface area contributed by atoms with Crippen molar-refractivity contribution in [1.82, 2.24) is 24.9 Å². The van der Waals surface area contributed by atoms with Crippen LogP contribution in [0.1, 0.15) is 27.3 Å². The molecule has 0 bridgehead atoms. The van der Waals surface area contributed by atoms with E-state index in [1.54, 1.807) is 10.9 Å². The molecule has 2 heterocycles. The summed E-state index contributed by atoms with van der Waals surface area (Å²) in [7, 11) is 1.87. The maximum absolute atomic E-state index is 12.3. The first-order valence-electron chi connectivity index (χ1n) is 7.46. The lowest BCUT2D eigenvalue weighted by Crippen LogP contribution is -2.24. The number of rotatable bonds is 5. The van der Waals surface area contributed by atoms with E-state index in [0.29, 0.717) is 18.7 Å². The average Bonchev–Trinajstić information content (AvgIpc) is 3.14. The quantitative estimate of drug-likeness (QED) is 0.783. The zero-order chi connectivity index (χ0) is 16.2. The van der Waals surface area contributed by atoms with Gasteiger partial charge in [0.25, 0.3) is 5.91 Å². The smallest absolute Gasteiger partial charge is 0.251 e. The Hall–Kier alpha value is -2.89. The number of hydrogen-bond acceptors (Lipinski definition) is 3. The van der Waals surface area contributed by atoms with Gasteiger partial charge in [0.2, 0.25) is 0 Å². The van der Waals surface area contributed by atoms with E-state index in [0.717, 1.165) is 17.0 Å². The van der Waals surface area contributed by atoms with Crippen LogP contribution in [0.25, 0.3) is 0 Å². The van der Waals surface area contributed by atoms with Crippen LogP contribution in [0.5, 0.6) is 0 Å². The number of carbonyl (C=O) groups is 1. The van der Waals surface area contributed by atoms with Gasteiger partial charge in [0.05, 0.1) is 24.5 Å². The molecular formula is C17H19N5O. The van der Waals surface area contributed by atoms with Gasteiger partial charge in [0, 0.05) is 25.0 Å². The number of aromatic nitrogens is 4. The van der Waals surface area contributed by atoms with Crippen molar-refractivity contribution in [2.75, 3.05) is 0 Å². The predicted octanol–water partition coefficient (Wildman–Crippen LogP) is 1.90. The van der Waals surface area contributed by atoms with Crippen LogP contribution in [-0.4, -0.2) is 25.5 Å². The Morgan fingerprint density at radius 1 is 1.26 bits per heavy atom. The van der Waals surface area contributed by atoms with E-state index in [1.165, 1.54) is 0 Å². The van der Waals surface area contributed by atoms with Crippen LogP contribution in [0.4, 0.5) is 0 Å². The second-order valence-corrected chi connectivity index (χ2v) is 5.49. The molecule has 0 aliphatic rings. The molecule has 0 spiro atoms. The fourth-order valence-electron chi connectivity index (χ4n) is 2.49. The first-order valence-corrected chi connectivity index (χ1v) is 7.46. The molecule has 0 aliphatic heterocycles. The molecule has 23 heavy (non-hydrogen) atoms. The molecule has 3 rings (SSSR count). The van der Waals surface area contributed by atoms with Crippen LogP contribution >= 0.6 is 0 Å². The zero-order valence-corrected chi connectivity index (χ0v) is 13.2. The summed E-state index contributed by atoms with van der Waals surface area (Å²) in [6, 6.07) is 11.4. The Morgan fingerprint density at radius 3 is 2.83 bits per heavy atom. The molecule has 118 valence electrons. The highest BCUT2D eigenvalue weighted by Gasteiger charge is 2.08. The van der Waals surface area contributed by atoms with Crippen LogP contribution in [0.3, 0.4) is 0 Å². The number of benzene rings is 1. The van der Waals surface area contributed by atoms with Crippen LogP contribution in [0, 0.1) is 6.92 Å². The minimum atomic E-state index is -0.0915. The van der Waals surface area contributed by atoms with Gasteiger partial charge in [0.1, 0.15) is 0 Å². The van der Waals surface area contributed by atoms with Crippen LogP contribution in [-0.2, 0) is 20.1 Å². The molecule has 0 radical (unpaired) electrons. The van der Waals surface area contributed by atoms with E-state index < -0.39 is 0 Å². The summed E-state index contributed by atoms with van der Waals surface area (Å²) in [6.07, 6.45) is 3.64. The molecule has 6 heteroatoms. The number of amides is 1. The first-order chi connectivity index (χ1) is 11.1. The lowest BCUT2D eigenvalue weighted by molar-refractivity contribution is 0.0950. The van der Waals surface area contributed by atoms with E-state index in [1.807, 2.05) is 61.2 Å². The van der Waals surface area contributed by atoms with Gasteiger partial charge < -0.3 is 5.32 Å². The Labute approximate surface area is 134 Å².